The number of benzene rings is 1. The fourth-order valence-electron chi connectivity index (χ4n) is 1.96. The van der Waals surface area contributed by atoms with E-state index in [0.29, 0.717) is 0 Å². The molecule has 17 heavy (non-hydrogen) atoms. The smallest absolute Gasteiger partial charge is 0.0249 e. The van der Waals surface area contributed by atoms with Crippen LogP contribution in [0.5, 0.6) is 0 Å². The van der Waals surface area contributed by atoms with Crippen molar-refractivity contribution in [1.82, 2.24) is 10.6 Å². The molecule has 0 saturated heterocycles. The lowest BCUT2D eigenvalue weighted by Gasteiger charge is -2.33. The minimum Gasteiger partial charge on any atom is -0.318 e. The molecule has 0 radical (unpaired) electrons. The highest BCUT2D eigenvalue weighted by Crippen LogP contribution is 2.22. The zero-order valence-corrected chi connectivity index (χ0v) is 11.8. The molecule has 0 unspecified atom stereocenters. The Labute approximate surface area is 106 Å². The van der Waals surface area contributed by atoms with Crippen LogP contribution in [0.25, 0.3) is 0 Å². The third kappa shape index (κ3) is 4.49. The first-order valence-corrected chi connectivity index (χ1v) is 6.32. The van der Waals surface area contributed by atoms with Gasteiger partial charge in [-0.2, -0.15) is 0 Å². The first kappa shape index (κ1) is 14.2. The number of rotatable bonds is 6. The third-order valence-corrected chi connectivity index (χ3v) is 3.18. The fourth-order valence-corrected chi connectivity index (χ4v) is 1.96. The third-order valence-electron chi connectivity index (χ3n) is 3.18. The van der Waals surface area contributed by atoms with Crippen molar-refractivity contribution >= 4 is 0 Å². The number of hydrogen-bond acceptors (Lipinski definition) is 2. The van der Waals surface area contributed by atoms with Crippen LogP contribution in [0.1, 0.15) is 33.3 Å². The molecule has 2 heteroatoms. The van der Waals surface area contributed by atoms with Gasteiger partial charge in [-0.15, -0.1) is 0 Å². The van der Waals surface area contributed by atoms with Crippen LogP contribution in [-0.2, 0) is 5.41 Å². The van der Waals surface area contributed by atoms with E-state index in [4.69, 9.17) is 0 Å². The Morgan fingerprint density at radius 3 is 2.06 bits per heavy atom. The molecule has 0 aliphatic heterocycles. The summed E-state index contributed by atoms with van der Waals surface area (Å²) < 4.78 is 0. The lowest BCUT2D eigenvalue weighted by atomic mass is 9.84. The Morgan fingerprint density at radius 2 is 1.53 bits per heavy atom. The highest BCUT2D eigenvalue weighted by molar-refractivity contribution is 5.24. The Bertz CT molecular complexity index is 328. The average Bonchev–Trinajstić information content (AvgIpc) is 2.28. The van der Waals surface area contributed by atoms with Gasteiger partial charge in [0.05, 0.1) is 0 Å². The first-order valence-electron chi connectivity index (χ1n) is 6.32. The number of nitrogens with one attached hydrogen (secondary N) is 2. The summed E-state index contributed by atoms with van der Waals surface area (Å²) in [5, 5.41) is 6.86. The standard InChI is InChI=1S/C15H26N2/c1-14(2,13-9-7-6-8-10-13)11-17-15(3,4)12-16-5/h6-10,16-17H,11-12H2,1-5H3. The summed E-state index contributed by atoms with van der Waals surface area (Å²) in [6.07, 6.45) is 0. The van der Waals surface area contributed by atoms with Crippen LogP contribution in [0.4, 0.5) is 0 Å². The molecular formula is C15H26N2. The van der Waals surface area contributed by atoms with E-state index in [-0.39, 0.29) is 11.0 Å². The maximum Gasteiger partial charge on any atom is 0.0249 e. The largest absolute Gasteiger partial charge is 0.318 e. The predicted molar refractivity (Wildman–Crippen MR) is 75.5 cm³/mol. The number of hydrogen-bond donors (Lipinski definition) is 2. The summed E-state index contributed by atoms with van der Waals surface area (Å²) in [4.78, 5) is 0. The van der Waals surface area contributed by atoms with Crippen LogP contribution in [0.15, 0.2) is 30.3 Å². The molecule has 2 nitrogen and oxygen atoms in total. The summed E-state index contributed by atoms with van der Waals surface area (Å²) in [6.45, 7) is 11.0. The highest BCUT2D eigenvalue weighted by Gasteiger charge is 2.24. The highest BCUT2D eigenvalue weighted by atomic mass is 15.0. The Kier molecular flexibility index (Phi) is 4.72. The van der Waals surface area contributed by atoms with Gasteiger partial charge in [0.1, 0.15) is 0 Å². The fraction of sp³-hybridized carbons (Fsp3) is 0.600. The molecular weight excluding hydrogens is 208 g/mol. The van der Waals surface area contributed by atoms with Crippen LogP contribution in [0.3, 0.4) is 0 Å². The van der Waals surface area contributed by atoms with E-state index in [1.807, 2.05) is 7.05 Å². The van der Waals surface area contributed by atoms with Gasteiger partial charge in [0.25, 0.3) is 0 Å². The van der Waals surface area contributed by atoms with Gasteiger partial charge in [0.2, 0.25) is 0 Å². The van der Waals surface area contributed by atoms with Crippen LogP contribution in [0, 0.1) is 0 Å². The van der Waals surface area contributed by atoms with Gasteiger partial charge in [-0.3, -0.25) is 0 Å². The Morgan fingerprint density at radius 1 is 0.941 bits per heavy atom. The molecule has 2 N–H and O–H groups in total. The molecule has 0 bridgehead atoms. The monoisotopic (exact) mass is 234 g/mol. The van der Waals surface area contributed by atoms with Gasteiger partial charge >= 0.3 is 0 Å². The zero-order chi connectivity index (χ0) is 12.9. The number of likely N-dealkylation sites (N-methyl/N-ethyl adjacent to an activating group) is 1. The zero-order valence-electron chi connectivity index (χ0n) is 11.8. The van der Waals surface area contributed by atoms with Crippen molar-refractivity contribution in [1.29, 1.82) is 0 Å². The average molecular weight is 234 g/mol. The second-order valence-corrected chi connectivity index (χ2v) is 6.02. The lowest BCUT2D eigenvalue weighted by molar-refractivity contribution is 0.332. The predicted octanol–water partition coefficient (Wildman–Crippen LogP) is 2.55. The SMILES string of the molecule is CNCC(C)(C)NCC(C)(C)c1ccccc1. The van der Waals surface area contributed by atoms with E-state index in [0.717, 1.165) is 13.1 Å². The molecule has 0 fully saturated rings. The summed E-state index contributed by atoms with van der Waals surface area (Å²) >= 11 is 0. The molecule has 96 valence electrons. The maximum absolute atomic E-state index is 3.64. The molecule has 0 aliphatic carbocycles. The van der Waals surface area contributed by atoms with Gasteiger partial charge in [-0.1, -0.05) is 44.2 Å². The summed E-state index contributed by atoms with van der Waals surface area (Å²) in [6, 6.07) is 10.7. The van der Waals surface area contributed by atoms with Crippen molar-refractivity contribution in [3.63, 3.8) is 0 Å². The molecule has 1 aromatic rings. The lowest BCUT2D eigenvalue weighted by Crippen LogP contribution is -2.50. The summed E-state index contributed by atoms with van der Waals surface area (Å²) in [7, 11) is 1.99. The molecule has 0 heterocycles. The van der Waals surface area contributed by atoms with E-state index in [2.05, 4.69) is 68.7 Å². The van der Waals surface area contributed by atoms with Gasteiger partial charge < -0.3 is 10.6 Å². The van der Waals surface area contributed by atoms with Crippen molar-refractivity contribution in [2.24, 2.45) is 0 Å². The quantitative estimate of drug-likeness (QED) is 0.790. The second-order valence-electron chi connectivity index (χ2n) is 6.02. The molecule has 0 spiro atoms. The van der Waals surface area contributed by atoms with Crippen LogP contribution < -0.4 is 10.6 Å². The van der Waals surface area contributed by atoms with Crippen LogP contribution in [-0.4, -0.2) is 25.7 Å². The topological polar surface area (TPSA) is 24.1 Å². The van der Waals surface area contributed by atoms with E-state index >= 15 is 0 Å². The normalized spacial score (nSPS) is 12.8. The molecule has 1 aromatic carbocycles. The van der Waals surface area contributed by atoms with Crippen LogP contribution >= 0.6 is 0 Å². The minimum absolute atomic E-state index is 0.126. The maximum atomic E-state index is 3.64. The van der Waals surface area contributed by atoms with E-state index in [9.17, 15) is 0 Å². The Balaban J connectivity index is 2.62. The molecule has 0 aliphatic rings. The summed E-state index contributed by atoms with van der Waals surface area (Å²) in [5.74, 6) is 0. The van der Waals surface area contributed by atoms with E-state index in [1.165, 1.54) is 5.56 Å². The molecule has 0 saturated carbocycles. The van der Waals surface area contributed by atoms with Gasteiger partial charge in [-0.25, -0.2) is 0 Å². The van der Waals surface area contributed by atoms with Crippen molar-refractivity contribution in [2.75, 3.05) is 20.1 Å². The van der Waals surface area contributed by atoms with Crippen LogP contribution in [0.2, 0.25) is 0 Å². The summed E-state index contributed by atoms with van der Waals surface area (Å²) in [5.41, 5.74) is 1.67. The minimum atomic E-state index is 0.126. The molecule has 0 aromatic heterocycles. The first-order chi connectivity index (χ1) is 7.87. The van der Waals surface area contributed by atoms with Crippen molar-refractivity contribution in [3.05, 3.63) is 35.9 Å². The van der Waals surface area contributed by atoms with Crippen molar-refractivity contribution in [3.8, 4) is 0 Å². The van der Waals surface area contributed by atoms with Crippen molar-refractivity contribution < 1.29 is 0 Å². The van der Waals surface area contributed by atoms with E-state index in [1.54, 1.807) is 0 Å². The second kappa shape index (κ2) is 5.65. The van der Waals surface area contributed by atoms with Gasteiger partial charge in [0.15, 0.2) is 0 Å². The molecule has 1 rings (SSSR count). The van der Waals surface area contributed by atoms with E-state index < -0.39 is 0 Å². The molecule has 0 amide bonds. The van der Waals surface area contributed by atoms with Gasteiger partial charge in [0, 0.05) is 24.0 Å². The Hall–Kier alpha value is -0.860. The molecule has 0 atom stereocenters. The van der Waals surface area contributed by atoms with Gasteiger partial charge in [-0.05, 0) is 26.5 Å². The van der Waals surface area contributed by atoms with Crippen molar-refractivity contribution in [2.45, 2.75) is 38.6 Å².